The summed E-state index contributed by atoms with van der Waals surface area (Å²) in [6.07, 6.45) is 0.444. The van der Waals surface area contributed by atoms with E-state index in [0.717, 1.165) is 29.7 Å². The first-order valence-corrected chi connectivity index (χ1v) is 12.7. The summed E-state index contributed by atoms with van der Waals surface area (Å²) in [7, 11) is 0. The summed E-state index contributed by atoms with van der Waals surface area (Å²) in [6.45, 7) is 8.90. The molecule has 2 amide bonds. The summed E-state index contributed by atoms with van der Waals surface area (Å²) < 4.78 is 5.47. The average Bonchev–Trinajstić information content (AvgIpc) is 3.14. The van der Waals surface area contributed by atoms with Crippen molar-refractivity contribution in [3.05, 3.63) is 52.0 Å². The number of ether oxygens (including phenoxy) is 1. The van der Waals surface area contributed by atoms with Crippen LogP contribution in [0.5, 0.6) is 0 Å². The number of benzene rings is 1. The van der Waals surface area contributed by atoms with Crippen LogP contribution < -0.4 is 16.0 Å². The number of fused-ring (bicyclic) bond motifs is 1. The zero-order valence-electron chi connectivity index (χ0n) is 20.1. The Hall–Kier alpha value is -3.04. The quantitative estimate of drug-likeness (QED) is 0.483. The predicted octanol–water partition coefficient (Wildman–Crippen LogP) is 4.56. The summed E-state index contributed by atoms with van der Waals surface area (Å²) in [6, 6.07) is 11.8. The third-order valence-electron chi connectivity index (χ3n) is 5.70. The molecular weight excluding hydrogens is 486 g/mol. The van der Waals surface area contributed by atoms with Gasteiger partial charge in [0.15, 0.2) is 0 Å². The standard InChI is InChI=1S/C25H30ClN5O3S/c1-25(2,3)34-24(33)31-14-12-30(13-15-31)17-6-4-16(5-7-17)10-11-28-22(32)21-20(27)18-8-9-19(26)29-23(18)35-21/h4-9H,10-15,27H2,1-3H3,(H,28,32). The minimum Gasteiger partial charge on any atom is -0.444 e. The first-order valence-electron chi connectivity index (χ1n) is 11.6. The Balaban J connectivity index is 1.26. The summed E-state index contributed by atoms with van der Waals surface area (Å²) >= 11 is 7.19. The Morgan fingerprint density at radius 1 is 1.11 bits per heavy atom. The second-order valence-electron chi connectivity index (χ2n) is 9.46. The Morgan fingerprint density at radius 3 is 2.46 bits per heavy atom. The molecule has 1 aliphatic heterocycles. The van der Waals surface area contributed by atoms with E-state index in [4.69, 9.17) is 22.1 Å². The van der Waals surface area contributed by atoms with Crippen molar-refractivity contribution in [1.82, 2.24) is 15.2 Å². The number of hydrogen-bond acceptors (Lipinski definition) is 7. The number of halogens is 1. The average molecular weight is 516 g/mol. The molecule has 3 heterocycles. The lowest BCUT2D eigenvalue weighted by molar-refractivity contribution is 0.0240. The van der Waals surface area contributed by atoms with Crippen LogP contribution in [-0.2, 0) is 11.2 Å². The van der Waals surface area contributed by atoms with Gasteiger partial charge in [-0.1, -0.05) is 23.7 Å². The predicted molar refractivity (Wildman–Crippen MR) is 142 cm³/mol. The highest BCUT2D eigenvalue weighted by Crippen LogP contribution is 2.33. The van der Waals surface area contributed by atoms with Crippen LogP contribution >= 0.6 is 22.9 Å². The number of amides is 2. The van der Waals surface area contributed by atoms with Gasteiger partial charge in [0.2, 0.25) is 0 Å². The summed E-state index contributed by atoms with van der Waals surface area (Å²) in [5, 5.41) is 4.06. The third kappa shape index (κ3) is 6.15. The highest BCUT2D eigenvalue weighted by atomic mass is 35.5. The van der Waals surface area contributed by atoms with Gasteiger partial charge in [0.05, 0.1) is 5.69 Å². The number of nitrogen functional groups attached to an aromatic ring is 1. The molecule has 3 N–H and O–H groups in total. The van der Waals surface area contributed by atoms with E-state index in [1.54, 1.807) is 17.0 Å². The lowest BCUT2D eigenvalue weighted by Crippen LogP contribution is -2.50. The van der Waals surface area contributed by atoms with Crippen molar-refractivity contribution < 1.29 is 14.3 Å². The smallest absolute Gasteiger partial charge is 0.410 e. The van der Waals surface area contributed by atoms with Crippen LogP contribution in [0, 0.1) is 0 Å². The molecule has 0 radical (unpaired) electrons. The second kappa shape index (κ2) is 10.3. The summed E-state index contributed by atoms with van der Waals surface area (Å²) in [5.74, 6) is -0.207. The Labute approximate surface area is 214 Å². The molecule has 1 aromatic carbocycles. The number of pyridine rings is 1. The lowest BCUT2D eigenvalue weighted by Gasteiger charge is -2.36. The molecule has 0 saturated carbocycles. The molecule has 10 heteroatoms. The fraction of sp³-hybridized carbons (Fsp3) is 0.400. The minimum absolute atomic E-state index is 0.207. The topological polar surface area (TPSA) is 101 Å². The van der Waals surface area contributed by atoms with Gasteiger partial charge in [0, 0.05) is 43.8 Å². The molecule has 1 fully saturated rings. The maximum Gasteiger partial charge on any atom is 0.410 e. The van der Waals surface area contributed by atoms with Crippen LogP contribution in [0.2, 0.25) is 5.15 Å². The van der Waals surface area contributed by atoms with E-state index in [1.807, 2.05) is 20.8 Å². The van der Waals surface area contributed by atoms with Crippen LogP contribution in [-0.4, -0.2) is 60.2 Å². The van der Waals surface area contributed by atoms with Crippen LogP contribution in [0.15, 0.2) is 36.4 Å². The number of hydrogen-bond donors (Lipinski definition) is 2. The van der Waals surface area contributed by atoms with Crippen LogP contribution in [0.3, 0.4) is 0 Å². The zero-order valence-corrected chi connectivity index (χ0v) is 21.7. The van der Waals surface area contributed by atoms with Crippen LogP contribution in [0.4, 0.5) is 16.2 Å². The van der Waals surface area contributed by atoms with Crippen molar-refractivity contribution in [3.63, 3.8) is 0 Å². The van der Waals surface area contributed by atoms with E-state index in [0.29, 0.717) is 46.6 Å². The zero-order chi connectivity index (χ0) is 25.2. The van der Waals surface area contributed by atoms with Gasteiger partial charge < -0.3 is 25.6 Å². The van der Waals surface area contributed by atoms with Crippen LogP contribution in [0.1, 0.15) is 36.0 Å². The molecule has 0 aliphatic carbocycles. The summed E-state index contributed by atoms with van der Waals surface area (Å²) in [4.78, 5) is 34.3. The van der Waals surface area contributed by atoms with Crippen molar-refractivity contribution >= 4 is 56.5 Å². The maximum absolute atomic E-state index is 12.6. The first-order chi connectivity index (χ1) is 16.6. The molecule has 8 nitrogen and oxygen atoms in total. The largest absolute Gasteiger partial charge is 0.444 e. The normalized spacial score (nSPS) is 14.3. The number of anilines is 2. The number of aromatic nitrogens is 1. The summed E-state index contributed by atoms with van der Waals surface area (Å²) in [5.41, 5.74) is 8.33. The Kier molecular flexibility index (Phi) is 7.37. The number of nitrogens with one attached hydrogen (secondary N) is 1. The second-order valence-corrected chi connectivity index (χ2v) is 10.8. The number of carbonyl (C=O) groups is 2. The highest BCUT2D eigenvalue weighted by Gasteiger charge is 2.26. The van der Waals surface area contributed by atoms with Crippen molar-refractivity contribution in [1.29, 1.82) is 0 Å². The number of rotatable bonds is 5. The van der Waals surface area contributed by atoms with E-state index in [2.05, 4.69) is 39.5 Å². The fourth-order valence-corrected chi connectivity index (χ4v) is 5.10. The van der Waals surface area contributed by atoms with Gasteiger partial charge in [-0.2, -0.15) is 0 Å². The van der Waals surface area contributed by atoms with Gasteiger partial charge in [-0.3, -0.25) is 4.79 Å². The van der Waals surface area contributed by atoms with E-state index >= 15 is 0 Å². The highest BCUT2D eigenvalue weighted by molar-refractivity contribution is 7.21. The van der Waals surface area contributed by atoms with Crippen molar-refractivity contribution in [2.75, 3.05) is 43.4 Å². The molecular formula is C25H30ClN5O3S. The third-order valence-corrected chi connectivity index (χ3v) is 7.02. The molecule has 0 atom stereocenters. The van der Waals surface area contributed by atoms with Gasteiger partial charge in [0.25, 0.3) is 5.91 Å². The van der Waals surface area contributed by atoms with Crippen molar-refractivity contribution in [3.8, 4) is 0 Å². The Morgan fingerprint density at radius 2 is 1.80 bits per heavy atom. The van der Waals surface area contributed by atoms with Gasteiger partial charge >= 0.3 is 6.09 Å². The first kappa shape index (κ1) is 25.1. The molecule has 4 rings (SSSR count). The van der Waals surface area contributed by atoms with E-state index in [9.17, 15) is 9.59 Å². The molecule has 186 valence electrons. The molecule has 2 aromatic heterocycles. The van der Waals surface area contributed by atoms with E-state index in [-0.39, 0.29) is 12.0 Å². The van der Waals surface area contributed by atoms with Crippen molar-refractivity contribution in [2.24, 2.45) is 0 Å². The number of piperazine rings is 1. The molecule has 0 spiro atoms. The monoisotopic (exact) mass is 515 g/mol. The van der Waals surface area contributed by atoms with Gasteiger partial charge in [0.1, 0.15) is 20.5 Å². The van der Waals surface area contributed by atoms with Crippen molar-refractivity contribution in [2.45, 2.75) is 32.8 Å². The Bertz CT molecular complexity index is 1210. The lowest BCUT2D eigenvalue weighted by atomic mass is 10.1. The molecule has 35 heavy (non-hydrogen) atoms. The van der Waals surface area contributed by atoms with Gasteiger partial charge in [-0.25, -0.2) is 9.78 Å². The van der Waals surface area contributed by atoms with E-state index in [1.165, 1.54) is 11.3 Å². The minimum atomic E-state index is -0.487. The van der Waals surface area contributed by atoms with Gasteiger partial charge in [-0.15, -0.1) is 11.3 Å². The molecule has 1 saturated heterocycles. The number of nitrogens with two attached hydrogens (primary N) is 1. The maximum atomic E-state index is 12.6. The van der Waals surface area contributed by atoms with E-state index < -0.39 is 5.60 Å². The van der Waals surface area contributed by atoms with Gasteiger partial charge in [-0.05, 0) is 57.0 Å². The molecule has 1 aliphatic rings. The molecule has 3 aromatic rings. The molecule has 0 bridgehead atoms. The number of thiophene rings is 1. The molecule has 0 unspecified atom stereocenters. The van der Waals surface area contributed by atoms with Crippen LogP contribution in [0.25, 0.3) is 10.2 Å². The number of carbonyl (C=O) groups excluding carboxylic acids is 2. The number of nitrogens with zero attached hydrogens (tertiary/aromatic N) is 3. The SMILES string of the molecule is CC(C)(C)OC(=O)N1CCN(c2ccc(CCNC(=O)c3sc4nc(Cl)ccc4c3N)cc2)CC1. The fourth-order valence-electron chi connectivity index (χ4n) is 3.89.